The lowest BCUT2D eigenvalue weighted by molar-refractivity contribution is -0.113. The number of aryl methyl sites for hydroxylation is 1. The van der Waals surface area contributed by atoms with Gasteiger partial charge in [0.15, 0.2) is 0 Å². The third kappa shape index (κ3) is 5.33. The van der Waals surface area contributed by atoms with Gasteiger partial charge in [-0.25, -0.2) is 0 Å². The molecule has 0 radical (unpaired) electrons. The first-order valence-corrected chi connectivity index (χ1v) is 7.37. The molecule has 19 heavy (non-hydrogen) atoms. The zero-order valence-electron chi connectivity index (χ0n) is 12.0. The van der Waals surface area contributed by atoms with E-state index in [1.54, 1.807) is 24.9 Å². The van der Waals surface area contributed by atoms with Crippen molar-refractivity contribution in [1.29, 1.82) is 0 Å². The molecule has 0 aliphatic carbocycles. The van der Waals surface area contributed by atoms with Crippen LogP contribution in [0.3, 0.4) is 0 Å². The Balaban J connectivity index is 2.76. The Hall–Kier alpha value is -0.870. The van der Waals surface area contributed by atoms with Gasteiger partial charge in [0, 0.05) is 15.8 Å². The first-order valence-electron chi connectivity index (χ1n) is 6.01. The Morgan fingerprint density at radius 2 is 2.05 bits per heavy atom. The Labute approximate surface area is 124 Å². The maximum atomic E-state index is 11.9. The minimum Gasteiger partial charge on any atom is -0.495 e. The van der Waals surface area contributed by atoms with E-state index in [1.807, 2.05) is 13.0 Å². The van der Waals surface area contributed by atoms with E-state index in [-0.39, 0.29) is 10.7 Å². The second-order valence-corrected chi connectivity index (χ2v) is 7.46. The predicted octanol–water partition coefficient (Wildman–Crippen LogP) is 4.13. The van der Waals surface area contributed by atoms with Gasteiger partial charge >= 0.3 is 0 Å². The van der Waals surface area contributed by atoms with Crippen LogP contribution in [-0.4, -0.2) is 23.5 Å². The van der Waals surface area contributed by atoms with Gasteiger partial charge in [-0.15, -0.1) is 11.8 Å². The van der Waals surface area contributed by atoms with Gasteiger partial charge in [-0.1, -0.05) is 32.4 Å². The SMILES string of the molecule is COc1cc(Cl)c(C)cc1NC(=O)CSC(C)(C)C. The van der Waals surface area contributed by atoms with Crippen molar-refractivity contribution in [2.45, 2.75) is 32.4 Å². The van der Waals surface area contributed by atoms with Crippen molar-refractivity contribution in [2.24, 2.45) is 0 Å². The van der Waals surface area contributed by atoms with Gasteiger partial charge in [-0.2, -0.15) is 0 Å². The molecule has 1 aromatic carbocycles. The standard InChI is InChI=1S/C14H20ClNO2S/c1-9-6-11(12(18-5)7-10(9)15)16-13(17)8-19-14(2,3)4/h6-7H,8H2,1-5H3,(H,16,17). The number of hydrogen-bond donors (Lipinski definition) is 1. The molecule has 0 spiro atoms. The summed E-state index contributed by atoms with van der Waals surface area (Å²) < 4.78 is 5.29. The molecule has 0 aliphatic heterocycles. The van der Waals surface area contributed by atoms with Crippen molar-refractivity contribution in [2.75, 3.05) is 18.2 Å². The number of halogens is 1. The van der Waals surface area contributed by atoms with Crippen LogP contribution >= 0.6 is 23.4 Å². The summed E-state index contributed by atoms with van der Waals surface area (Å²) in [5.41, 5.74) is 1.56. The molecule has 0 saturated heterocycles. The van der Waals surface area contributed by atoms with Crippen LogP contribution in [0.1, 0.15) is 26.3 Å². The Morgan fingerprint density at radius 1 is 1.42 bits per heavy atom. The van der Waals surface area contributed by atoms with Crippen molar-refractivity contribution < 1.29 is 9.53 Å². The number of amides is 1. The van der Waals surface area contributed by atoms with Gasteiger partial charge in [-0.3, -0.25) is 4.79 Å². The number of carbonyl (C=O) groups excluding carboxylic acids is 1. The van der Waals surface area contributed by atoms with Crippen molar-refractivity contribution >= 4 is 35.0 Å². The average molecular weight is 302 g/mol. The topological polar surface area (TPSA) is 38.3 Å². The van der Waals surface area contributed by atoms with Crippen LogP contribution in [0.4, 0.5) is 5.69 Å². The second-order valence-electron chi connectivity index (χ2n) is 5.25. The molecule has 1 amide bonds. The van der Waals surface area contributed by atoms with Crippen molar-refractivity contribution in [3.63, 3.8) is 0 Å². The Morgan fingerprint density at radius 3 is 2.58 bits per heavy atom. The molecular weight excluding hydrogens is 282 g/mol. The summed E-state index contributed by atoms with van der Waals surface area (Å²) in [6.07, 6.45) is 0. The highest BCUT2D eigenvalue weighted by molar-refractivity contribution is 8.01. The predicted molar refractivity (Wildman–Crippen MR) is 83.6 cm³/mol. The average Bonchev–Trinajstić information content (AvgIpc) is 2.30. The fourth-order valence-corrected chi connectivity index (χ4v) is 2.19. The van der Waals surface area contributed by atoms with Crippen molar-refractivity contribution in [1.82, 2.24) is 0 Å². The van der Waals surface area contributed by atoms with Crippen LogP contribution in [0.15, 0.2) is 12.1 Å². The fourth-order valence-electron chi connectivity index (χ4n) is 1.40. The first-order chi connectivity index (χ1) is 8.73. The molecule has 0 heterocycles. The number of ether oxygens (including phenoxy) is 1. The van der Waals surface area contributed by atoms with E-state index in [0.717, 1.165) is 5.56 Å². The molecule has 106 valence electrons. The molecule has 0 bridgehead atoms. The largest absolute Gasteiger partial charge is 0.495 e. The summed E-state index contributed by atoms with van der Waals surface area (Å²) in [6, 6.07) is 3.53. The summed E-state index contributed by atoms with van der Waals surface area (Å²) in [7, 11) is 1.56. The molecule has 0 aliphatic rings. The first kappa shape index (κ1) is 16.2. The lowest BCUT2D eigenvalue weighted by atomic mass is 10.2. The monoisotopic (exact) mass is 301 g/mol. The van der Waals surface area contributed by atoms with Gasteiger partial charge in [0.1, 0.15) is 5.75 Å². The van der Waals surface area contributed by atoms with Gasteiger partial charge in [0.05, 0.1) is 18.6 Å². The maximum Gasteiger partial charge on any atom is 0.234 e. The van der Waals surface area contributed by atoms with Crippen LogP contribution in [0, 0.1) is 6.92 Å². The number of hydrogen-bond acceptors (Lipinski definition) is 3. The molecule has 0 atom stereocenters. The van der Waals surface area contributed by atoms with Crippen molar-refractivity contribution in [3.05, 3.63) is 22.7 Å². The van der Waals surface area contributed by atoms with E-state index in [4.69, 9.17) is 16.3 Å². The summed E-state index contributed by atoms with van der Waals surface area (Å²) in [5, 5.41) is 3.48. The zero-order chi connectivity index (χ0) is 14.6. The summed E-state index contributed by atoms with van der Waals surface area (Å²) in [4.78, 5) is 11.9. The third-order valence-corrected chi connectivity index (χ3v) is 4.07. The van der Waals surface area contributed by atoms with Gasteiger partial charge in [0.2, 0.25) is 5.91 Å². The van der Waals surface area contributed by atoms with Crippen LogP contribution in [-0.2, 0) is 4.79 Å². The van der Waals surface area contributed by atoms with Crippen LogP contribution in [0.2, 0.25) is 5.02 Å². The smallest absolute Gasteiger partial charge is 0.234 e. The lowest BCUT2D eigenvalue weighted by Gasteiger charge is -2.17. The number of anilines is 1. The fraction of sp³-hybridized carbons (Fsp3) is 0.500. The molecule has 0 saturated carbocycles. The van der Waals surface area contributed by atoms with E-state index in [2.05, 4.69) is 26.1 Å². The van der Waals surface area contributed by atoms with Crippen LogP contribution < -0.4 is 10.1 Å². The molecular formula is C14H20ClNO2S. The van der Waals surface area contributed by atoms with Gasteiger partial charge in [-0.05, 0) is 18.6 Å². The molecule has 1 aromatic rings. The van der Waals surface area contributed by atoms with E-state index in [1.165, 1.54) is 0 Å². The molecule has 0 fully saturated rings. The summed E-state index contributed by atoms with van der Waals surface area (Å²) >= 11 is 7.63. The van der Waals surface area contributed by atoms with E-state index in [0.29, 0.717) is 22.2 Å². The zero-order valence-corrected chi connectivity index (χ0v) is 13.5. The second kappa shape index (κ2) is 6.53. The Kier molecular flexibility index (Phi) is 5.56. The highest BCUT2D eigenvalue weighted by atomic mass is 35.5. The van der Waals surface area contributed by atoms with Gasteiger partial charge < -0.3 is 10.1 Å². The number of methoxy groups -OCH3 is 1. The normalized spacial score (nSPS) is 11.3. The van der Waals surface area contributed by atoms with Crippen molar-refractivity contribution in [3.8, 4) is 5.75 Å². The summed E-state index contributed by atoms with van der Waals surface area (Å²) in [5.74, 6) is 0.943. The molecule has 1 N–H and O–H groups in total. The minimum atomic E-state index is -0.0417. The molecule has 0 unspecified atom stereocenters. The van der Waals surface area contributed by atoms with E-state index >= 15 is 0 Å². The third-order valence-electron chi connectivity index (χ3n) is 2.39. The highest BCUT2D eigenvalue weighted by Gasteiger charge is 2.15. The Bertz CT molecular complexity index is 469. The number of rotatable bonds is 4. The van der Waals surface area contributed by atoms with Gasteiger partial charge in [0.25, 0.3) is 0 Å². The number of thioether (sulfide) groups is 1. The lowest BCUT2D eigenvalue weighted by Crippen LogP contribution is -2.19. The quantitative estimate of drug-likeness (QED) is 0.909. The van der Waals surface area contributed by atoms with Crippen LogP contribution in [0.25, 0.3) is 0 Å². The minimum absolute atomic E-state index is 0.0417. The number of benzene rings is 1. The van der Waals surface area contributed by atoms with E-state index in [9.17, 15) is 4.79 Å². The molecule has 1 rings (SSSR count). The molecule has 3 nitrogen and oxygen atoms in total. The highest BCUT2D eigenvalue weighted by Crippen LogP contribution is 2.31. The molecule has 0 aromatic heterocycles. The number of carbonyl (C=O) groups is 1. The summed E-state index contributed by atoms with van der Waals surface area (Å²) in [6.45, 7) is 8.13. The maximum absolute atomic E-state index is 11.9. The van der Waals surface area contributed by atoms with Crippen LogP contribution in [0.5, 0.6) is 5.75 Å². The van der Waals surface area contributed by atoms with E-state index < -0.39 is 0 Å². The number of nitrogens with one attached hydrogen (secondary N) is 1. The molecule has 5 heteroatoms.